The Morgan fingerprint density at radius 3 is 2.58 bits per heavy atom. The zero-order valence-electron chi connectivity index (χ0n) is 13.2. The molecule has 1 aliphatic rings. The number of aromatic nitrogens is 1. The molecule has 2 aromatic carbocycles. The molecule has 120 valence electrons. The van der Waals surface area contributed by atoms with E-state index in [0.29, 0.717) is 23.1 Å². The van der Waals surface area contributed by atoms with Crippen LogP contribution in [0.15, 0.2) is 54.6 Å². The molecular weight excluding hydrogens is 302 g/mol. The molecule has 5 heteroatoms. The van der Waals surface area contributed by atoms with Crippen LogP contribution < -0.4 is 20.9 Å². The van der Waals surface area contributed by atoms with E-state index in [1.54, 1.807) is 13.2 Å². The van der Waals surface area contributed by atoms with Crippen LogP contribution in [0.2, 0.25) is 0 Å². The summed E-state index contributed by atoms with van der Waals surface area (Å²) in [4.78, 5) is 4.34. The summed E-state index contributed by atoms with van der Waals surface area (Å²) < 4.78 is 11.3. The SMILES string of the molecule is COc1ccc2c(c1)Oc1nc(N)cc(N)c1C2c1ccccc1. The van der Waals surface area contributed by atoms with Crippen molar-refractivity contribution >= 4 is 11.5 Å². The van der Waals surface area contributed by atoms with Crippen molar-refractivity contribution in [1.82, 2.24) is 4.98 Å². The highest BCUT2D eigenvalue weighted by Crippen LogP contribution is 2.49. The number of nitrogens with two attached hydrogens (primary N) is 2. The fourth-order valence-electron chi connectivity index (χ4n) is 3.16. The molecule has 0 saturated carbocycles. The van der Waals surface area contributed by atoms with Gasteiger partial charge in [0.1, 0.15) is 17.3 Å². The van der Waals surface area contributed by atoms with Crippen molar-refractivity contribution in [1.29, 1.82) is 0 Å². The van der Waals surface area contributed by atoms with E-state index in [-0.39, 0.29) is 5.92 Å². The van der Waals surface area contributed by atoms with Crippen LogP contribution in [-0.4, -0.2) is 12.1 Å². The van der Waals surface area contributed by atoms with Gasteiger partial charge >= 0.3 is 0 Å². The zero-order valence-corrected chi connectivity index (χ0v) is 13.2. The Balaban J connectivity index is 1.98. The summed E-state index contributed by atoms with van der Waals surface area (Å²) in [5.74, 6) is 2.14. The summed E-state index contributed by atoms with van der Waals surface area (Å²) in [5.41, 5.74) is 15.7. The number of benzene rings is 2. The second-order valence-electron chi connectivity index (χ2n) is 5.70. The van der Waals surface area contributed by atoms with Crippen molar-refractivity contribution in [2.75, 3.05) is 18.6 Å². The van der Waals surface area contributed by atoms with E-state index in [1.807, 2.05) is 36.4 Å². The summed E-state index contributed by atoms with van der Waals surface area (Å²) in [6.45, 7) is 0. The first kappa shape index (κ1) is 14.4. The van der Waals surface area contributed by atoms with Gasteiger partial charge in [-0.3, -0.25) is 0 Å². The first-order valence-corrected chi connectivity index (χ1v) is 7.64. The van der Waals surface area contributed by atoms with E-state index < -0.39 is 0 Å². The number of methoxy groups -OCH3 is 1. The predicted molar refractivity (Wildman–Crippen MR) is 93.5 cm³/mol. The lowest BCUT2D eigenvalue weighted by atomic mass is 9.83. The maximum absolute atomic E-state index is 6.26. The molecule has 2 heterocycles. The highest BCUT2D eigenvalue weighted by Gasteiger charge is 2.32. The van der Waals surface area contributed by atoms with Gasteiger partial charge in [0.2, 0.25) is 5.88 Å². The average Bonchev–Trinajstić information content (AvgIpc) is 2.60. The average molecular weight is 319 g/mol. The van der Waals surface area contributed by atoms with E-state index in [0.717, 1.165) is 22.4 Å². The van der Waals surface area contributed by atoms with Crippen LogP contribution in [0.5, 0.6) is 17.4 Å². The van der Waals surface area contributed by atoms with Crippen LogP contribution in [0.4, 0.5) is 11.5 Å². The number of rotatable bonds is 2. The number of pyridine rings is 1. The van der Waals surface area contributed by atoms with Crippen molar-refractivity contribution in [3.05, 3.63) is 71.3 Å². The Morgan fingerprint density at radius 2 is 1.83 bits per heavy atom. The highest BCUT2D eigenvalue weighted by atomic mass is 16.5. The Kier molecular flexibility index (Phi) is 3.27. The van der Waals surface area contributed by atoms with Crippen LogP contribution in [0.25, 0.3) is 0 Å². The Hall–Kier alpha value is -3.21. The van der Waals surface area contributed by atoms with Gasteiger partial charge in [0, 0.05) is 34.9 Å². The summed E-state index contributed by atoms with van der Waals surface area (Å²) in [6.07, 6.45) is 0. The van der Waals surface area contributed by atoms with Gasteiger partial charge in [0.25, 0.3) is 0 Å². The number of fused-ring (bicyclic) bond motifs is 2. The van der Waals surface area contributed by atoms with Gasteiger partial charge in [-0.25, -0.2) is 0 Å². The van der Waals surface area contributed by atoms with Gasteiger partial charge < -0.3 is 20.9 Å². The standard InChI is InChI=1S/C19H17N3O2/c1-23-12-7-8-13-15(9-12)24-19-18(14(20)10-16(21)22-19)17(13)11-5-3-2-4-6-11/h2-10,17H,1H3,(H4,20,21,22). The Morgan fingerprint density at radius 1 is 1.04 bits per heavy atom. The van der Waals surface area contributed by atoms with Crippen molar-refractivity contribution < 1.29 is 9.47 Å². The van der Waals surface area contributed by atoms with Gasteiger partial charge in [0.05, 0.1) is 7.11 Å². The fraction of sp³-hybridized carbons (Fsp3) is 0.105. The largest absolute Gasteiger partial charge is 0.497 e. The smallest absolute Gasteiger partial charge is 0.227 e. The van der Waals surface area contributed by atoms with Gasteiger partial charge in [-0.2, -0.15) is 4.98 Å². The quantitative estimate of drug-likeness (QED) is 0.590. The van der Waals surface area contributed by atoms with Crippen LogP contribution in [0.1, 0.15) is 22.6 Å². The van der Waals surface area contributed by atoms with Gasteiger partial charge in [0.15, 0.2) is 0 Å². The number of nitrogens with zero attached hydrogens (tertiary/aromatic N) is 1. The third-order valence-electron chi connectivity index (χ3n) is 4.24. The summed E-state index contributed by atoms with van der Waals surface area (Å²) in [7, 11) is 1.63. The first-order valence-electron chi connectivity index (χ1n) is 7.64. The molecule has 4 rings (SSSR count). The van der Waals surface area contributed by atoms with Gasteiger partial charge in [-0.05, 0) is 11.6 Å². The number of ether oxygens (including phenoxy) is 2. The molecule has 0 radical (unpaired) electrons. The minimum Gasteiger partial charge on any atom is -0.497 e. The highest BCUT2D eigenvalue weighted by molar-refractivity contribution is 5.68. The molecule has 0 spiro atoms. The second kappa shape index (κ2) is 5.45. The van der Waals surface area contributed by atoms with Crippen molar-refractivity contribution in [2.24, 2.45) is 0 Å². The zero-order chi connectivity index (χ0) is 16.7. The molecule has 1 aromatic heterocycles. The Labute approximate surface area is 139 Å². The van der Waals surface area contributed by atoms with Crippen LogP contribution in [0.3, 0.4) is 0 Å². The molecule has 1 atom stereocenters. The molecule has 4 N–H and O–H groups in total. The molecule has 0 amide bonds. The molecule has 5 nitrogen and oxygen atoms in total. The van der Waals surface area contributed by atoms with Crippen molar-refractivity contribution in [3.63, 3.8) is 0 Å². The maximum atomic E-state index is 6.26. The van der Waals surface area contributed by atoms with Crippen LogP contribution in [0, 0.1) is 0 Å². The molecule has 0 saturated heterocycles. The van der Waals surface area contributed by atoms with Crippen LogP contribution in [-0.2, 0) is 0 Å². The second-order valence-corrected chi connectivity index (χ2v) is 5.70. The number of hydrogen-bond donors (Lipinski definition) is 2. The molecule has 1 aliphatic heterocycles. The van der Waals surface area contributed by atoms with E-state index in [1.165, 1.54) is 0 Å². The third-order valence-corrected chi connectivity index (χ3v) is 4.24. The molecule has 24 heavy (non-hydrogen) atoms. The van der Waals surface area contributed by atoms with Gasteiger partial charge in [-0.15, -0.1) is 0 Å². The van der Waals surface area contributed by atoms with E-state index in [2.05, 4.69) is 17.1 Å². The predicted octanol–water partition coefficient (Wildman–Crippen LogP) is 3.54. The number of nitrogen functional groups attached to an aromatic ring is 2. The Bertz CT molecular complexity index is 910. The minimum atomic E-state index is -0.0658. The number of hydrogen-bond acceptors (Lipinski definition) is 5. The van der Waals surface area contributed by atoms with Crippen LogP contribution >= 0.6 is 0 Å². The third kappa shape index (κ3) is 2.22. The normalized spacial score (nSPS) is 15.1. The molecule has 0 aliphatic carbocycles. The molecule has 0 fully saturated rings. The van der Waals surface area contributed by atoms with Gasteiger partial charge in [-0.1, -0.05) is 36.4 Å². The molecular formula is C19H17N3O2. The topological polar surface area (TPSA) is 83.4 Å². The molecule has 0 bridgehead atoms. The summed E-state index contributed by atoms with van der Waals surface area (Å²) in [5, 5.41) is 0. The molecule has 1 unspecified atom stereocenters. The number of anilines is 2. The van der Waals surface area contributed by atoms with Crippen molar-refractivity contribution in [2.45, 2.75) is 5.92 Å². The molecule has 3 aromatic rings. The monoisotopic (exact) mass is 319 g/mol. The lowest BCUT2D eigenvalue weighted by Gasteiger charge is -2.29. The first-order chi connectivity index (χ1) is 11.7. The van der Waals surface area contributed by atoms with E-state index in [4.69, 9.17) is 20.9 Å². The van der Waals surface area contributed by atoms with E-state index in [9.17, 15) is 0 Å². The summed E-state index contributed by atoms with van der Waals surface area (Å²) in [6, 6.07) is 17.6. The lowest BCUT2D eigenvalue weighted by Crippen LogP contribution is -2.15. The minimum absolute atomic E-state index is 0.0658. The van der Waals surface area contributed by atoms with E-state index >= 15 is 0 Å². The lowest BCUT2D eigenvalue weighted by molar-refractivity contribution is 0.401. The fourth-order valence-corrected chi connectivity index (χ4v) is 3.16. The van der Waals surface area contributed by atoms with Crippen molar-refractivity contribution in [3.8, 4) is 17.4 Å². The summed E-state index contributed by atoms with van der Waals surface area (Å²) >= 11 is 0. The maximum Gasteiger partial charge on any atom is 0.227 e.